The number of hydrogen-bond acceptors (Lipinski definition) is 2. The quantitative estimate of drug-likeness (QED) is 0.854. The SMILES string of the molecule is Cc1ccccc1CNC(=O)C(=O)Nc1ccc(Cl)cc1C. The van der Waals surface area contributed by atoms with E-state index in [-0.39, 0.29) is 0 Å². The number of hydrogen-bond donors (Lipinski definition) is 2. The summed E-state index contributed by atoms with van der Waals surface area (Å²) in [6.45, 7) is 4.09. The van der Waals surface area contributed by atoms with Gasteiger partial charge in [-0.2, -0.15) is 0 Å². The summed E-state index contributed by atoms with van der Waals surface area (Å²) in [6, 6.07) is 12.7. The van der Waals surface area contributed by atoms with E-state index < -0.39 is 11.8 Å². The maximum absolute atomic E-state index is 11.9. The summed E-state index contributed by atoms with van der Waals surface area (Å²) < 4.78 is 0. The van der Waals surface area contributed by atoms with Crippen molar-refractivity contribution in [1.29, 1.82) is 0 Å². The van der Waals surface area contributed by atoms with Gasteiger partial charge in [0.15, 0.2) is 0 Å². The van der Waals surface area contributed by atoms with Crippen LogP contribution in [0.25, 0.3) is 0 Å². The lowest BCUT2D eigenvalue weighted by molar-refractivity contribution is -0.136. The van der Waals surface area contributed by atoms with Gasteiger partial charge in [-0.25, -0.2) is 0 Å². The molecule has 0 spiro atoms. The van der Waals surface area contributed by atoms with Gasteiger partial charge in [0, 0.05) is 17.3 Å². The molecule has 0 heterocycles. The highest BCUT2D eigenvalue weighted by Crippen LogP contribution is 2.19. The summed E-state index contributed by atoms with van der Waals surface area (Å²) in [6.07, 6.45) is 0. The van der Waals surface area contributed by atoms with Crippen molar-refractivity contribution >= 4 is 29.1 Å². The van der Waals surface area contributed by atoms with Crippen molar-refractivity contribution in [2.75, 3.05) is 5.32 Å². The van der Waals surface area contributed by atoms with Crippen molar-refractivity contribution < 1.29 is 9.59 Å². The van der Waals surface area contributed by atoms with Crippen molar-refractivity contribution in [3.05, 3.63) is 64.2 Å². The number of carbonyl (C=O) groups excluding carboxylic acids is 2. The van der Waals surface area contributed by atoms with E-state index in [4.69, 9.17) is 11.6 Å². The van der Waals surface area contributed by atoms with E-state index in [1.807, 2.05) is 38.1 Å². The number of benzene rings is 2. The first kappa shape index (κ1) is 16.0. The first-order chi connectivity index (χ1) is 10.5. The highest BCUT2D eigenvalue weighted by Gasteiger charge is 2.14. The first-order valence-corrected chi connectivity index (χ1v) is 7.25. The minimum atomic E-state index is -0.695. The first-order valence-electron chi connectivity index (χ1n) is 6.87. The second kappa shape index (κ2) is 7.09. The molecule has 2 rings (SSSR count). The molecule has 0 aliphatic carbocycles. The smallest absolute Gasteiger partial charge is 0.313 e. The number of amides is 2. The lowest BCUT2D eigenvalue weighted by Gasteiger charge is -2.10. The van der Waals surface area contributed by atoms with E-state index in [0.29, 0.717) is 17.3 Å². The van der Waals surface area contributed by atoms with Crippen molar-refractivity contribution in [1.82, 2.24) is 5.32 Å². The Morgan fingerprint density at radius 3 is 2.41 bits per heavy atom. The van der Waals surface area contributed by atoms with Gasteiger partial charge in [0.1, 0.15) is 0 Å². The van der Waals surface area contributed by atoms with Crippen LogP contribution in [0.3, 0.4) is 0 Å². The number of rotatable bonds is 3. The van der Waals surface area contributed by atoms with Gasteiger partial charge < -0.3 is 10.6 Å². The number of carbonyl (C=O) groups is 2. The van der Waals surface area contributed by atoms with Crippen LogP contribution in [0.4, 0.5) is 5.69 Å². The molecular formula is C17H17ClN2O2. The van der Waals surface area contributed by atoms with Crippen molar-refractivity contribution in [3.63, 3.8) is 0 Å². The molecule has 4 nitrogen and oxygen atoms in total. The summed E-state index contributed by atoms with van der Waals surface area (Å²) in [7, 11) is 0. The fourth-order valence-corrected chi connectivity index (χ4v) is 2.24. The molecule has 5 heteroatoms. The Hall–Kier alpha value is -2.33. The van der Waals surface area contributed by atoms with Gasteiger partial charge in [-0.05, 0) is 48.7 Å². The molecule has 2 amide bonds. The molecule has 0 aliphatic heterocycles. The van der Waals surface area contributed by atoms with E-state index in [0.717, 1.165) is 16.7 Å². The van der Waals surface area contributed by atoms with Gasteiger partial charge in [0.2, 0.25) is 0 Å². The Bertz CT molecular complexity index is 714. The third-order valence-electron chi connectivity index (χ3n) is 3.34. The summed E-state index contributed by atoms with van der Waals surface area (Å²) in [5.74, 6) is -1.36. The summed E-state index contributed by atoms with van der Waals surface area (Å²) in [5.41, 5.74) is 3.41. The van der Waals surface area contributed by atoms with Gasteiger partial charge in [-0.3, -0.25) is 9.59 Å². The standard InChI is InChI=1S/C17H17ClN2O2/c1-11-5-3-4-6-13(11)10-19-16(21)17(22)20-15-8-7-14(18)9-12(15)2/h3-9H,10H2,1-2H3,(H,19,21)(H,20,22). The number of halogens is 1. The molecule has 0 atom stereocenters. The number of nitrogens with one attached hydrogen (secondary N) is 2. The van der Waals surface area contributed by atoms with E-state index in [2.05, 4.69) is 10.6 Å². The van der Waals surface area contributed by atoms with Gasteiger partial charge in [-0.1, -0.05) is 35.9 Å². The van der Waals surface area contributed by atoms with Crippen LogP contribution in [0.1, 0.15) is 16.7 Å². The van der Waals surface area contributed by atoms with Crippen LogP contribution in [-0.2, 0) is 16.1 Å². The van der Waals surface area contributed by atoms with Crippen LogP contribution in [0, 0.1) is 13.8 Å². The Balaban J connectivity index is 1.95. The average molecular weight is 317 g/mol. The fourth-order valence-electron chi connectivity index (χ4n) is 2.01. The van der Waals surface area contributed by atoms with Crippen LogP contribution in [0.5, 0.6) is 0 Å². The van der Waals surface area contributed by atoms with Gasteiger partial charge in [0.05, 0.1) is 0 Å². The predicted molar refractivity (Wildman–Crippen MR) is 87.8 cm³/mol. The third-order valence-corrected chi connectivity index (χ3v) is 3.58. The largest absolute Gasteiger partial charge is 0.344 e. The number of aryl methyl sites for hydroxylation is 2. The lowest BCUT2D eigenvalue weighted by Crippen LogP contribution is -2.35. The van der Waals surface area contributed by atoms with Gasteiger partial charge in [0.25, 0.3) is 0 Å². The molecular weight excluding hydrogens is 300 g/mol. The minimum Gasteiger partial charge on any atom is -0.344 e. The predicted octanol–water partition coefficient (Wildman–Crippen LogP) is 3.21. The van der Waals surface area contributed by atoms with Crippen LogP contribution >= 0.6 is 11.6 Å². The molecule has 0 saturated carbocycles. The Morgan fingerprint density at radius 1 is 1.00 bits per heavy atom. The zero-order chi connectivity index (χ0) is 16.1. The van der Waals surface area contributed by atoms with Crippen LogP contribution < -0.4 is 10.6 Å². The topological polar surface area (TPSA) is 58.2 Å². The average Bonchev–Trinajstić information content (AvgIpc) is 2.49. The second-order valence-electron chi connectivity index (χ2n) is 5.02. The second-order valence-corrected chi connectivity index (χ2v) is 5.46. The monoisotopic (exact) mass is 316 g/mol. The maximum Gasteiger partial charge on any atom is 0.313 e. The summed E-state index contributed by atoms with van der Waals surface area (Å²) >= 11 is 5.86. The van der Waals surface area contributed by atoms with E-state index in [9.17, 15) is 9.59 Å². The Morgan fingerprint density at radius 2 is 1.73 bits per heavy atom. The molecule has 0 aromatic heterocycles. The van der Waals surface area contributed by atoms with E-state index >= 15 is 0 Å². The van der Waals surface area contributed by atoms with Crippen molar-refractivity contribution in [2.24, 2.45) is 0 Å². The fraction of sp³-hybridized carbons (Fsp3) is 0.176. The summed E-state index contributed by atoms with van der Waals surface area (Å²) in [4.78, 5) is 23.8. The summed E-state index contributed by atoms with van der Waals surface area (Å²) in [5, 5.41) is 5.77. The highest BCUT2D eigenvalue weighted by molar-refractivity contribution is 6.39. The number of anilines is 1. The van der Waals surface area contributed by atoms with Crippen molar-refractivity contribution in [3.8, 4) is 0 Å². The molecule has 2 aromatic rings. The van der Waals surface area contributed by atoms with Crippen LogP contribution in [0.2, 0.25) is 5.02 Å². The van der Waals surface area contributed by atoms with Crippen LogP contribution in [-0.4, -0.2) is 11.8 Å². The molecule has 0 bridgehead atoms. The van der Waals surface area contributed by atoms with Crippen LogP contribution in [0.15, 0.2) is 42.5 Å². The molecule has 2 aromatic carbocycles. The molecule has 0 saturated heterocycles. The Labute approximate surface area is 134 Å². The molecule has 0 radical (unpaired) electrons. The Kier molecular flexibility index (Phi) is 5.17. The highest BCUT2D eigenvalue weighted by atomic mass is 35.5. The van der Waals surface area contributed by atoms with Gasteiger partial charge in [-0.15, -0.1) is 0 Å². The molecule has 0 aliphatic rings. The van der Waals surface area contributed by atoms with Gasteiger partial charge >= 0.3 is 11.8 Å². The zero-order valence-electron chi connectivity index (χ0n) is 12.4. The lowest BCUT2D eigenvalue weighted by atomic mass is 10.1. The molecule has 0 fully saturated rings. The third kappa shape index (κ3) is 4.09. The normalized spacial score (nSPS) is 10.1. The molecule has 2 N–H and O–H groups in total. The molecule has 0 unspecified atom stereocenters. The molecule has 22 heavy (non-hydrogen) atoms. The molecule has 114 valence electrons. The zero-order valence-corrected chi connectivity index (χ0v) is 13.2. The van der Waals surface area contributed by atoms with E-state index in [1.165, 1.54) is 0 Å². The van der Waals surface area contributed by atoms with Crippen molar-refractivity contribution in [2.45, 2.75) is 20.4 Å². The maximum atomic E-state index is 11.9. The van der Waals surface area contributed by atoms with E-state index in [1.54, 1.807) is 18.2 Å². The minimum absolute atomic E-state index is 0.318.